The van der Waals surface area contributed by atoms with E-state index in [4.69, 9.17) is 5.11 Å². The van der Waals surface area contributed by atoms with Gasteiger partial charge in [-0.15, -0.1) is 0 Å². The first kappa shape index (κ1) is 12.2. The molecule has 0 fully saturated rings. The van der Waals surface area contributed by atoms with Crippen LogP contribution in [-0.2, 0) is 11.3 Å². The smallest absolute Gasteiger partial charge is 0.310 e. The number of aromatic nitrogens is 2. The van der Waals surface area contributed by atoms with E-state index in [1.165, 1.54) is 17.1 Å². The van der Waals surface area contributed by atoms with Crippen LogP contribution in [0.25, 0.3) is 0 Å². The Labute approximate surface area is 100 Å². The molecule has 0 unspecified atom stereocenters. The van der Waals surface area contributed by atoms with Crippen molar-refractivity contribution >= 4 is 28.6 Å². The van der Waals surface area contributed by atoms with Gasteiger partial charge in [0.2, 0.25) is 0 Å². The number of carbonyl (C=O) groups is 1. The first-order valence-electron chi connectivity index (χ1n) is 4.28. The molecular formula is C9H11IN2O3. The lowest BCUT2D eigenvalue weighted by molar-refractivity contribution is -0.147. The van der Waals surface area contributed by atoms with Gasteiger partial charge in [0.15, 0.2) is 0 Å². The zero-order chi connectivity index (χ0) is 11.6. The number of hydrogen-bond acceptors (Lipinski definition) is 3. The van der Waals surface area contributed by atoms with Crippen molar-refractivity contribution in [1.82, 2.24) is 9.55 Å². The molecule has 1 N–H and O–H groups in total. The topological polar surface area (TPSA) is 72.2 Å². The van der Waals surface area contributed by atoms with Gasteiger partial charge in [0.25, 0.3) is 5.56 Å². The van der Waals surface area contributed by atoms with Crippen molar-refractivity contribution in [3.8, 4) is 0 Å². The fourth-order valence-electron chi connectivity index (χ4n) is 1.03. The lowest BCUT2D eigenvalue weighted by atomic mass is 9.94. The molecule has 6 heteroatoms. The molecule has 1 heterocycles. The minimum Gasteiger partial charge on any atom is -0.481 e. The molecule has 0 saturated heterocycles. The Kier molecular flexibility index (Phi) is 3.48. The third-order valence-electron chi connectivity index (χ3n) is 2.00. The van der Waals surface area contributed by atoms with Gasteiger partial charge in [-0.2, -0.15) is 0 Å². The number of carboxylic acids is 1. The quantitative estimate of drug-likeness (QED) is 0.842. The normalized spacial score (nSPS) is 11.4. The second-order valence-corrected chi connectivity index (χ2v) is 5.03. The maximum Gasteiger partial charge on any atom is 0.310 e. The van der Waals surface area contributed by atoms with Crippen LogP contribution < -0.4 is 5.56 Å². The number of rotatable bonds is 3. The zero-order valence-electron chi connectivity index (χ0n) is 8.40. The Morgan fingerprint density at radius 2 is 2.27 bits per heavy atom. The van der Waals surface area contributed by atoms with Gasteiger partial charge < -0.3 is 5.11 Å². The Morgan fingerprint density at radius 1 is 1.67 bits per heavy atom. The highest BCUT2D eigenvalue weighted by Crippen LogP contribution is 2.16. The van der Waals surface area contributed by atoms with E-state index in [-0.39, 0.29) is 12.1 Å². The summed E-state index contributed by atoms with van der Waals surface area (Å²) in [6, 6.07) is 0. The SMILES string of the molecule is CC(C)(Cn1cncc(I)c1=O)C(=O)O. The fourth-order valence-corrected chi connectivity index (χ4v) is 1.50. The van der Waals surface area contributed by atoms with Gasteiger partial charge in [-0.3, -0.25) is 14.2 Å². The summed E-state index contributed by atoms with van der Waals surface area (Å²) in [6.07, 6.45) is 2.81. The van der Waals surface area contributed by atoms with Gasteiger partial charge in [-0.1, -0.05) is 0 Å². The summed E-state index contributed by atoms with van der Waals surface area (Å²) in [5.74, 6) is -0.937. The number of nitrogens with zero attached hydrogens (tertiary/aromatic N) is 2. The summed E-state index contributed by atoms with van der Waals surface area (Å²) in [5, 5.41) is 8.93. The predicted octanol–water partition coefficient (Wildman–Crippen LogP) is 0.959. The summed E-state index contributed by atoms with van der Waals surface area (Å²) in [7, 11) is 0. The molecule has 1 aromatic rings. The van der Waals surface area contributed by atoms with E-state index < -0.39 is 11.4 Å². The molecule has 0 radical (unpaired) electrons. The van der Waals surface area contributed by atoms with Crippen LogP contribution >= 0.6 is 22.6 Å². The van der Waals surface area contributed by atoms with E-state index in [1.807, 2.05) is 22.6 Å². The summed E-state index contributed by atoms with van der Waals surface area (Å²) >= 11 is 1.88. The van der Waals surface area contributed by atoms with Crippen LogP contribution in [0.3, 0.4) is 0 Å². The van der Waals surface area contributed by atoms with Gasteiger partial charge in [0, 0.05) is 12.7 Å². The van der Waals surface area contributed by atoms with Gasteiger partial charge >= 0.3 is 5.97 Å². The van der Waals surface area contributed by atoms with Crippen molar-refractivity contribution in [2.45, 2.75) is 20.4 Å². The maximum atomic E-state index is 11.6. The van der Waals surface area contributed by atoms with Crippen LogP contribution in [0.15, 0.2) is 17.3 Å². The van der Waals surface area contributed by atoms with Gasteiger partial charge in [-0.05, 0) is 36.4 Å². The van der Waals surface area contributed by atoms with Gasteiger partial charge in [0.1, 0.15) is 0 Å². The van der Waals surface area contributed by atoms with Crippen molar-refractivity contribution < 1.29 is 9.90 Å². The van der Waals surface area contributed by atoms with Crippen molar-refractivity contribution in [2.24, 2.45) is 5.41 Å². The van der Waals surface area contributed by atoms with E-state index in [0.29, 0.717) is 3.57 Å². The Hall–Kier alpha value is -0.920. The maximum absolute atomic E-state index is 11.6. The Bertz CT molecular complexity index is 439. The molecule has 0 aliphatic heterocycles. The Balaban J connectivity index is 3.06. The van der Waals surface area contributed by atoms with Crippen LogP contribution in [0, 0.1) is 8.99 Å². The van der Waals surface area contributed by atoms with Crippen LogP contribution in [0.1, 0.15) is 13.8 Å². The van der Waals surface area contributed by atoms with Crippen molar-refractivity contribution in [2.75, 3.05) is 0 Å². The van der Waals surface area contributed by atoms with Crippen LogP contribution in [0.5, 0.6) is 0 Å². The molecular weight excluding hydrogens is 311 g/mol. The number of aliphatic carboxylic acids is 1. The lowest BCUT2D eigenvalue weighted by Gasteiger charge is -2.19. The molecule has 0 saturated carbocycles. The summed E-state index contributed by atoms with van der Waals surface area (Å²) < 4.78 is 1.80. The molecule has 1 aromatic heterocycles. The van der Waals surface area contributed by atoms with Crippen molar-refractivity contribution in [3.05, 3.63) is 26.4 Å². The molecule has 1 rings (SSSR count). The number of hydrogen-bond donors (Lipinski definition) is 1. The second-order valence-electron chi connectivity index (χ2n) is 3.86. The van der Waals surface area contributed by atoms with Crippen LogP contribution in [0.4, 0.5) is 0 Å². The molecule has 0 atom stereocenters. The van der Waals surface area contributed by atoms with Gasteiger partial charge in [0.05, 0.1) is 15.3 Å². The highest BCUT2D eigenvalue weighted by Gasteiger charge is 2.28. The average Bonchev–Trinajstić information content (AvgIpc) is 2.12. The Morgan fingerprint density at radius 3 is 2.80 bits per heavy atom. The standard InChI is InChI=1S/C9H11IN2O3/c1-9(2,8(14)15)4-12-5-11-3-6(10)7(12)13/h3,5H,4H2,1-2H3,(H,14,15). The first-order valence-corrected chi connectivity index (χ1v) is 5.36. The molecule has 0 spiro atoms. The molecule has 82 valence electrons. The second kappa shape index (κ2) is 4.30. The van der Waals surface area contributed by atoms with Gasteiger partial charge in [-0.25, -0.2) is 4.98 Å². The highest BCUT2D eigenvalue weighted by molar-refractivity contribution is 14.1. The first-order chi connectivity index (χ1) is 6.84. The predicted molar refractivity (Wildman–Crippen MR) is 62.6 cm³/mol. The third-order valence-corrected chi connectivity index (χ3v) is 2.74. The fraction of sp³-hybridized carbons (Fsp3) is 0.444. The molecule has 0 amide bonds. The molecule has 15 heavy (non-hydrogen) atoms. The van der Waals surface area contributed by atoms with Crippen molar-refractivity contribution in [3.63, 3.8) is 0 Å². The minimum absolute atomic E-state index is 0.116. The van der Waals surface area contributed by atoms with E-state index >= 15 is 0 Å². The lowest BCUT2D eigenvalue weighted by Crippen LogP contribution is -2.34. The number of halogens is 1. The van der Waals surface area contributed by atoms with Crippen molar-refractivity contribution in [1.29, 1.82) is 0 Å². The van der Waals surface area contributed by atoms with E-state index in [0.717, 1.165) is 0 Å². The van der Waals surface area contributed by atoms with Crippen LogP contribution in [0.2, 0.25) is 0 Å². The molecule has 0 aliphatic rings. The monoisotopic (exact) mass is 322 g/mol. The van der Waals surface area contributed by atoms with Crippen LogP contribution in [-0.4, -0.2) is 20.6 Å². The summed E-state index contributed by atoms with van der Waals surface area (Å²) in [6.45, 7) is 3.26. The largest absolute Gasteiger partial charge is 0.481 e. The van der Waals surface area contributed by atoms with E-state index in [9.17, 15) is 9.59 Å². The minimum atomic E-state index is -0.976. The number of carboxylic acid groups (broad SMARTS) is 1. The highest BCUT2D eigenvalue weighted by atomic mass is 127. The summed E-state index contributed by atoms with van der Waals surface area (Å²) in [5.41, 5.74) is -1.18. The molecule has 0 aromatic carbocycles. The van der Waals surface area contributed by atoms with E-state index in [2.05, 4.69) is 4.98 Å². The third kappa shape index (κ3) is 2.77. The molecule has 0 aliphatic carbocycles. The summed E-state index contributed by atoms with van der Waals surface area (Å²) in [4.78, 5) is 26.3. The molecule has 5 nitrogen and oxygen atoms in total. The van der Waals surface area contributed by atoms with E-state index in [1.54, 1.807) is 13.8 Å². The average molecular weight is 322 g/mol. The molecule has 0 bridgehead atoms. The zero-order valence-corrected chi connectivity index (χ0v) is 10.6.